The molecule has 3 aromatic heterocycles. The van der Waals surface area contributed by atoms with Gasteiger partial charge in [-0.15, -0.1) is 22.7 Å². The first kappa shape index (κ1) is 11.8. The smallest absolute Gasteiger partial charge is 0.129 e. The molecule has 0 unspecified atom stereocenters. The van der Waals surface area contributed by atoms with Crippen molar-refractivity contribution in [2.75, 3.05) is 0 Å². The fourth-order valence-corrected chi connectivity index (χ4v) is 4.14. The topological polar surface area (TPSA) is 30.2 Å². The molecule has 0 aliphatic carbocycles. The summed E-state index contributed by atoms with van der Waals surface area (Å²) in [6, 6.07) is 10.3. The normalized spacial score (nSPS) is 11.2. The first-order valence-corrected chi connectivity index (χ1v) is 8.02. The zero-order chi connectivity index (χ0) is 13.5. The molecule has 0 amide bonds. The van der Waals surface area contributed by atoms with Gasteiger partial charge in [0.05, 0.1) is 17.0 Å². The quantitative estimate of drug-likeness (QED) is 0.545. The lowest BCUT2D eigenvalue weighted by atomic mass is 10.2. The number of hydrogen-bond acceptors (Lipinski definition) is 4. The molecular formula is C15H11N3S2. The van der Waals surface area contributed by atoms with Gasteiger partial charge in [0.1, 0.15) is 9.84 Å². The van der Waals surface area contributed by atoms with Crippen LogP contribution < -0.4 is 0 Å². The van der Waals surface area contributed by atoms with E-state index in [0.717, 1.165) is 32.4 Å². The molecule has 4 aromatic rings. The summed E-state index contributed by atoms with van der Waals surface area (Å²) < 4.78 is 1.93. The van der Waals surface area contributed by atoms with E-state index in [9.17, 15) is 0 Å². The Morgan fingerprint density at radius 2 is 1.95 bits per heavy atom. The van der Waals surface area contributed by atoms with E-state index in [-0.39, 0.29) is 0 Å². The van der Waals surface area contributed by atoms with Gasteiger partial charge in [0, 0.05) is 22.5 Å². The minimum absolute atomic E-state index is 1.03. The fourth-order valence-electron chi connectivity index (χ4n) is 2.27. The minimum Gasteiger partial charge on any atom is -0.236 e. The maximum Gasteiger partial charge on any atom is 0.129 e. The van der Waals surface area contributed by atoms with Gasteiger partial charge in [0.2, 0.25) is 0 Å². The largest absolute Gasteiger partial charge is 0.236 e. The van der Waals surface area contributed by atoms with Crippen molar-refractivity contribution < 1.29 is 0 Å². The summed E-state index contributed by atoms with van der Waals surface area (Å²) in [5, 5.41) is 9.73. The van der Waals surface area contributed by atoms with E-state index < -0.39 is 0 Å². The van der Waals surface area contributed by atoms with E-state index in [4.69, 9.17) is 4.98 Å². The van der Waals surface area contributed by atoms with Crippen molar-refractivity contribution in [1.82, 2.24) is 14.6 Å². The first-order valence-electron chi connectivity index (χ1n) is 6.26. The van der Waals surface area contributed by atoms with Gasteiger partial charge in [-0.05, 0) is 6.92 Å². The van der Waals surface area contributed by atoms with Crippen LogP contribution in [0.2, 0.25) is 0 Å². The molecule has 0 fully saturated rings. The predicted molar refractivity (Wildman–Crippen MR) is 84.4 cm³/mol. The number of benzene rings is 1. The van der Waals surface area contributed by atoms with Crippen molar-refractivity contribution >= 4 is 27.5 Å². The Morgan fingerprint density at radius 1 is 1.10 bits per heavy atom. The molecule has 0 aliphatic heterocycles. The van der Waals surface area contributed by atoms with Crippen LogP contribution in [0.1, 0.15) is 5.69 Å². The maximum absolute atomic E-state index is 4.79. The molecule has 0 atom stereocenters. The molecule has 0 aliphatic rings. The van der Waals surface area contributed by atoms with Gasteiger partial charge >= 0.3 is 0 Å². The maximum atomic E-state index is 4.79. The molecule has 1 aromatic carbocycles. The molecule has 3 heterocycles. The summed E-state index contributed by atoms with van der Waals surface area (Å²) in [4.78, 5) is 5.95. The highest BCUT2D eigenvalue weighted by molar-refractivity contribution is 7.17. The Bertz CT molecular complexity index is 871. The second-order valence-electron chi connectivity index (χ2n) is 4.52. The summed E-state index contributed by atoms with van der Waals surface area (Å²) in [7, 11) is 0. The van der Waals surface area contributed by atoms with Gasteiger partial charge in [0.15, 0.2) is 0 Å². The minimum atomic E-state index is 1.03. The molecule has 4 rings (SSSR count). The Kier molecular flexibility index (Phi) is 2.68. The lowest BCUT2D eigenvalue weighted by molar-refractivity contribution is 0.948. The summed E-state index contributed by atoms with van der Waals surface area (Å²) >= 11 is 3.38. The number of fused-ring (bicyclic) bond motifs is 1. The summed E-state index contributed by atoms with van der Waals surface area (Å²) in [5.41, 5.74) is 4.38. The highest BCUT2D eigenvalue weighted by atomic mass is 32.1. The summed E-state index contributed by atoms with van der Waals surface area (Å²) in [6.07, 6.45) is 1.99. The van der Waals surface area contributed by atoms with E-state index in [0.29, 0.717) is 0 Å². The first-order chi connectivity index (χ1) is 9.83. The molecule has 5 heteroatoms. The third-order valence-electron chi connectivity index (χ3n) is 3.21. The Labute approximate surface area is 124 Å². The molecule has 0 N–H and O–H groups in total. The summed E-state index contributed by atoms with van der Waals surface area (Å²) in [6.45, 7) is 2.04. The van der Waals surface area contributed by atoms with Crippen molar-refractivity contribution in [3.63, 3.8) is 0 Å². The second-order valence-corrected chi connectivity index (χ2v) is 6.27. The van der Waals surface area contributed by atoms with Crippen LogP contribution in [0.3, 0.4) is 0 Å². The number of hydrogen-bond donors (Lipinski definition) is 0. The van der Waals surface area contributed by atoms with Gasteiger partial charge in [0.25, 0.3) is 0 Å². The molecule has 98 valence electrons. The third-order valence-corrected chi connectivity index (χ3v) is 4.94. The van der Waals surface area contributed by atoms with Crippen LogP contribution in [0.25, 0.3) is 26.7 Å². The van der Waals surface area contributed by atoms with Crippen LogP contribution in [0.15, 0.2) is 47.3 Å². The van der Waals surface area contributed by atoms with Crippen LogP contribution in [0.4, 0.5) is 0 Å². The molecule has 0 spiro atoms. The van der Waals surface area contributed by atoms with E-state index in [2.05, 4.69) is 28.0 Å². The number of nitrogens with zero attached hydrogens (tertiary/aromatic N) is 3. The van der Waals surface area contributed by atoms with Crippen LogP contribution in [0, 0.1) is 6.92 Å². The van der Waals surface area contributed by atoms with Gasteiger partial charge < -0.3 is 0 Å². The number of aromatic nitrogens is 3. The van der Waals surface area contributed by atoms with Crippen molar-refractivity contribution in [3.8, 4) is 21.8 Å². The number of rotatable bonds is 2. The third kappa shape index (κ3) is 1.78. The average Bonchev–Trinajstić information content (AvgIpc) is 3.15. The van der Waals surface area contributed by atoms with Crippen molar-refractivity contribution in [3.05, 3.63) is 53.0 Å². The highest BCUT2D eigenvalue weighted by Gasteiger charge is 2.16. The van der Waals surface area contributed by atoms with Gasteiger partial charge in [-0.3, -0.25) is 0 Å². The van der Waals surface area contributed by atoms with Gasteiger partial charge in [-0.25, -0.2) is 9.50 Å². The van der Waals surface area contributed by atoms with Crippen molar-refractivity contribution in [2.45, 2.75) is 6.92 Å². The number of aryl methyl sites for hydroxylation is 1. The molecule has 0 radical (unpaired) electrons. The van der Waals surface area contributed by atoms with Crippen molar-refractivity contribution in [2.24, 2.45) is 0 Å². The zero-order valence-electron chi connectivity index (χ0n) is 10.8. The van der Waals surface area contributed by atoms with E-state index in [1.165, 1.54) is 0 Å². The lowest BCUT2D eigenvalue weighted by Gasteiger charge is -1.95. The zero-order valence-corrected chi connectivity index (χ0v) is 12.4. The summed E-state index contributed by atoms with van der Waals surface area (Å²) in [5.74, 6) is 0. The Balaban J connectivity index is 1.86. The molecular weight excluding hydrogens is 286 g/mol. The molecule has 0 saturated heterocycles. The standard InChI is InChI=1S/C15H11N3S2/c1-10-13(15-18(17-10)7-8-19-15)14-16-12(9-20-14)11-5-3-2-4-6-11/h2-9H,1H3. The molecule has 3 nitrogen and oxygen atoms in total. The van der Waals surface area contributed by atoms with Crippen LogP contribution in [0.5, 0.6) is 0 Å². The fraction of sp³-hybridized carbons (Fsp3) is 0.0667. The number of thiazole rings is 2. The SMILES string of the molecule is Cc1nn2ccsc2c1-c1nc(-c2ccccc2)cs1. The van der Waals surface area contributed by atoms with E-state index in [1.54, 1.807) is 22.7 Å². The monoisotopic (exact) mass is 297 g/mol. The second kappa shape index (κ2) is 4.54. The molecule has 0 bridgehead atoms. The van der Waals surface area contributed by atoms with E-state index >= 15 is 0 Å². The average molecular weight is 297 g/mol. The lowest BCUT2D eigenvalue weighted by Crippen LogP contribution is -1.80. The Morgan fingerprint density at radius 3 is 2.80 bits per heavy atom. The van der Waals surface area contributed by atoms with Crippen LogP contribution in [-0.4, -0.2) is 14.6 Å². The van der Waals surface area contributed by atoms with Gasteiger partial charge in [-0.1, -0.05) is 30.3 Å². The van der Waals surface area contributed by atoms with Gasteiger partial charge in [-0.2, -0.15) is 5.10 Å². The van der Waals surface area contributed by atoms with E-state index in [1.807, 2.05) is 35.8 Å². The highest BCUT2D eigenvalue weighted by Crippen LogP contribution is 2.35. The molecule has 20 heavy (non-hydrogen) atoms. The molecule has 0 saturated carbocycles. The van der Waals surface area contributed by atoms with Crippen LogP contribution in [-0.2, 0) is 0 Å². The van der Waals surface area contributed by atoms with Crippen LogP contribution >= 0.6 is 22.7 Å². The Hall–Kier alpha value is -1.98. The predicted octanol–water partition coefficient (Wildman–Crippen LogP) is 4.49. The van der Waals surface area contributed by atoms with Crippen molar-refractivity contribution in [1.29, 1.82) is 0 Å².